The average molecular weight is 402 g/mol. The quantitative estimate of drug-likeness (QED) is 0.181. The largest absolute Gasteiger partial charge is 0.500 e. The van der Waals surface area contributed by atoms with Gasteiger partial charge in [-0.05, 0) is 38.0 Å². The van der Waals surface area contributed by atoms with E-state index in [9.17, 15) is 0 Å². The molecule has 0 bridgehead atoms. The molecule has 0 saturated heterocycles. The van der Waals surface area contributed by atoms with Gasteiger partial charge in [0.15, 0.2) is 0 Å². The molecule has 0 aromatic heterocycles. The topological polar surface area (TPSA) is 27.7 Å². The lowest BCUT2D eigenvalue weighted by Gasteiger charge is -2.28. The van der Waals surface area contributed by atoms with Crippen molar-refractivity contribution in [2.75, 3.05) is 24.2 Å². The van der Waals surface area contributed by atoms with E-state index in [0.717, 1.165) is 12.5 Å². The van der Waals surface area contributed by atoms with Gasteiger partial charge >= 0.3 is 8.80 Å². The molecule has 116 valence electrons. The lowest BCUT2D eigenvalue weighted by molar-refractivity contribution is 0.0706. The minimum atomic E-state index is -2.37. The molecular formula is C14H31IO3Si. The van der Waals surface area contributed by atoms with Crippen LogP contribution in [0.2, 0.25) is 6.04 Å². The van der Waals surface area contributed by atoms with Gasteiger partial charge in [0.1, 0.15) is 0 Å². The van der Waals surface area contributed by atoms with E-state index >= 15 is 0 Å². The second-order valence-corrected chi connectivity index (χ2v) is 8.35. The molecule has 0 spiro atoms. The summed E-state index contributed by atoms with van der Waals surface area (Å²) in [5.74, 6) is 0. The third kappa shape index (κ3) is 10.2. The summed E-state index contributed by atoms with van der Waals surface area (Å²) in [6.07, 6.45) is 7.84. The molecule has 0 N–H and O–H groups in total. The first-order valence-electron chi connectivity index (χ1n) is 7.72. The first-order valence-corrected chi connectivity index (χ1v) is 11.2. The average Bonchev–Trinajstić information content (AvgIpc) is 2.39. The summed E-state index contributed by atoms with van der Waals surface area (Å²) in [4.78, 5) is 0. The lowest BCUT2D eigenvalue weighted by atomic mass is 10.1. The van der Waals surface area contributed by atoms with Crippen molar-refractivity contribution in [3.05, 3.63) is 0 Å². The molecule has 0 radical (unpaired) electrons. The van der Waals surface area contributed by atoms with Crippen molar-refractivity contribution in [3.8, 4) is 0 Å². The van der Waals surface area contributed by atoms with Crippen LogP contribution < -0.4 is 0 Å². The molecule has 0 fully saturated rings. The van der Waals surface area contributed by atoms with Gasteiger partial charge in [-0.2, -0.15) is 0 Å². The number of rotatable bonds is 14. The highest BCUT2D eigenvalue weighted by atomic mass is 127. The fourth-order valence-electron chi connectivity index (χ4n) is 2.14. The normalized spacial score (nSPS) is 12.0. The van der Waals surface area contributed by atoms with E-state index in [-0.39, 0.29) is 0 Å². The molecule has 0 aromatic rings. The molecular weight excluding hydrogens is 371 g/mol. The molecule has 19 heavy (non-hydrogen) atoms. The summed E-state index contributed by atoms with van der Waals surface area (Å²) in [7, 11) is -2.37. The van der Waals surface area contributed by atoms with E-state index in [0.29, 0.717) is 19.8 Å². The summed E-state index contributed by atoms with van der Waals surface area (Å²) in [5.41, 5.74) is 0. The van der Waals surface area contributed by atoms with Gasteiger partial charge in [-0.15, -0.1) is 0 Å². The molecule has 0 amide bonds. The van der Waals surface area contributed by atoms with Crippen LogP contribution in [0, 0.1) is 0 Å². The molecule has 3 nitrogen and oxygen atoms in total. The fraction of sp³-hybridized carbons (Fsp3) is 1.00. The van der Waals surface area contributed by atoms with Crippen LogP contribution in [0.15, 0.2) is 0 Å². The first kappa shape index (κ1) is 19.8. The SMILES string of the molecule is CCO[Si](CCCCCCCCI)(OCC)OCC. The number of alkyl halides is 1. The molecule has 0 unspecified atom stereocenters. The molecule has 0 aromatic carbocycles. The van der Waals surface area contributed by atoms with Crippen LogP contribution in [0.25, 0.3) is 0 Å². The Labute approximate surface area is 134 Å². The summed E-state index contributed by atoms with van der Waals surface area (Å²) < 4.78 is 18.8. The smallest absolute Gasteiger partial charge is 0.374 e. The maximum Gasteiger partial charge on any atom is 0.500 e. The van der Waals surface area contributed by atoms with Crippen LogP contribution in [0.3, 0.4) is 0 Å². The van der Waals surface area contributed by atoms with E-state index in [4.69, 9.17) is 13.3 Å². The van der Waals surface area contributed by atoms with Crippen molar-refractivity contribution in [3.63, 3.8) is 0 Å². The second-order valence-electron chi connectivity index (χ2n) is 4.54. The maximum atomic E-state index is 5.85. The van der Waals surface area contributed by atoms with Gasteiger partial charge in [-0.25, -0.2) is 0 Å². The van der Waals surface area contributed by atoms with Crippen molar-refractivity contribution in [1.29, 1.82) is 0 Å². The van der Waals surface area contributed by atoms with Crippen LogP contribution in [-0.4, -0.2) is 33.1 Å². The van der Waals surface area contributed by atoms with Gasteiger partial charge in [-0.3, -0.25) is 0 Å². The second kappa shape index (κ2) is 13.8. The molecule has 0 rings (SSSR count). The highest BCUT2D eigenvalue weighted by Crippen LogP contribution is 2.20. The van der Waals surface area contributed by atoms with E-state index in [1.165, 1.54) is 36.5 Å². The molecule has 0 atom stereocenters. The Morgan fingerprint density at radius 1 is 0.684 bits per heavy atom. The standard InChI is InChI=1S/C14H31IO3Si/c1-4-16-19(17-5-2,18-6-3)14-12-10-8-7-9-11-13-15/h4-14H2,1-3H3. The number of unbranched alkanes of at least 4 members (excludes halogenated alkanes) is 5. The lowest BCUT2D eigenvalue weighted by Crippen LogP contribution is -2.45. The van der Waals surface area contributed by atoms with Gasteiger partial charge in [0.05, 0.1) is 0 Å². The van der Waals surface area contributed by atoms with Gasteiger partial charge in [-0.1, -0.05) is 48.3 Å². The summed E-state index contributed by atoms with van der Waals surface area (Å²) in [6.45, 7) is 8.10. The van der Waals surface area contributed by atoms with Crippen molar-refractivity contribution >= 4 is 31.4 Å². The predicted octanol–water partition coefficient (Wildman–Crippen LogP) is 4.81. The Morgan fingerprint density at radius 2 is 1.11 bits per heavy atom. The minimum absolute atomic E-state index is 0.682. The zero-order chi connectivity index (χ0) is 14.4. The minimum Gasteiger partial charge on any atom is -0.374 e. The molecule has 0 aliphatic heterocycles. The van der Waals surface area contributed by atoms with Crippen LogP contribution in [-0.2, 0) is 13.3 Å². The van der Waals surface area contributed by atoms with Crippen molar-refractivity contribution in [1.82, 2.24) is 0 Å². The number of hydrogen-bond donors (Lipinski definition) is 0. The van der Waals surface area contributed by atoms with E-state index in [1.54, 1.807) is 0 Å². The van der Waals surface area contributed by atoms with E-state index < -0.39 is 8.80 Å². The van der Waals surface area contributed by atoms with Crippen LogP contribution >= 0.6 is 22.6 Å². The number of hydrogen-bond acceptors (Lipinski definition) is 3. The first-order chi connectivity index (χ1) is 9.24. The Morgan fingerprint density at radius 3 is 1.53 bits per heavy atom. The van der Waals surface area contributed by atoms with Crippen LogP contribution in [0.4, 0.5) is 0 Å². The summed E-state index contributed by atoms with van der Waals surface area (Å²) in [5, 5.41) is 0. The molecule has 0 aliphatic carbocycles. The summed E-state index contributed by atoms with van der Waals surface area (Å²) in [6, 6.07) is 0.967. The number of halogens is 1. The highest BCUT2D eigenvalue weighted by molar-refractivity contribution is 14.1. The van der Waals surface area contributed by atoms with Gasteiger partial charge < -0.3 is 13.3 Å². The van der Waals surface area contributed by atoms with Crippen LogP contribution in [0.1, 0.15) is 59.3 Å². The van der Waals surface area contributed by atoms with Crippen molar-refractivity contribution < 1.29 is 13.3 Å². The van der Waals surface area contributed by atoms with E-state index in [2.05, 4.69) is 22.6 Å². The van der Waals surface area contributed by atoms with Crippen molar-refractivity contribution in [2.24, 2.45) is 0 Å². The predicted molar refractivity (Wildman–Crippen MR) is 92.0 cm³/mol. The fourth-order valence-corrected chi connectivity index (χ4v) is 5.37. The Hall–Kier alpha value is 0.827. The van der Waals surface area contributed by atoms with Gasteiger partial charge in [0, 0.05) is 25.9 Å². The van der Waals surface area contributed by atoms with Crippen LogP contribution in [0.5, 0.6) is 0 Å². The Balaban J connectivity index is 3.89. The third-order valence-electron chi connectivity index (χ3n) is 2.96. The molecule has 5 heteroatoms. The van der Waals surface area contributed by atoms with Gasteiger partial charge in [0.2, 0.25) is 0 Å². The Bertz CT molecular complexity index is 177. The molecule has 0 saturated carbocycles. The Kier molecular flexibility index (Phi) is 14.4. The zero-order valence-electron chi connectivity index (χ0n) is 12.9. The highest BCUT2D eigenvalue weighted by Gasteiger charge is 2.39. The van der Waals surface area contributed by atoms with Gasteiger partial charge in [0.25, 0.3) is 0 Å². The third-order valence-corrected chi connectivity index (χ3v) is 6.87. The van der Waals surface area contributed by atoms with Crippen molar-refractivity contribution in [2.45, 2.75) is 65.3 Å². The molecule has 0 heterocycles. The maximum absolute atomic E-state index is 5.85. The zero-order valence-corrected chi connectivity index (χ0v) is 16.0. The summed E-state index contributed by atoms with van der Waals surface area (Å²) >= 11 is 2.45. The monoisotopic (exact) mass is 402 g/mol. The molecule has 0 aliphatic rings. The van der Waals surface area contributed by atoms with E-state index in [1.807, 2.05) is 20.8 Å².